The molecule has 0 aliphatic rings. The van der Waals surface area contributed by atoms with Crippen molar-refractivity contribution in [3.05, 3.63) is 87.9 Å². The number of hydrogen-bond acceptors (Lipinski definition) is 4. The Morgan fingerprint density at radius 2 is 1.73 bits per heavy atom. The highest BCUT2D eigenvalue weighted by molar-refractivity contribution is 7.99. The Balaban J connectivity index is 1.59. The van der Waals surface area contributed by atoms with E-state index in [2.05, 4.69) is 34.6 Å². The zero-order chi connectivity index (χ0) is 23.4. The maximum absolute atomic E-state index is 12.6. The molecule has 0 fully saturated rings. The summed E-state index contributed by atoms with van der Waals surface area (Å²) in [6, 6.07) is 21.2. The number of aromatic nitrogens is 3. The van der Waals surface area contributed by atoms with Gasteiger partial charge < -0.3 is 5.32 Å². The third-order valence-corrected chi connectivity index (χ3v) is 6.71. The number of nitrogens with zero attached hydrogens (tertiary/aromatic N) is 3. The predicted molar refractivity (Wildman–Crippen MR) is 137 cm³/mol. The van der Waals surface area contributed by atoms with Crippen molar-refractivity contribution in [2.75, 3.05) is 11.1 Å². The van der Waals surface area contributed by atoms with Crippen LogP contribution in [0.5, 0.6) is 0 Å². The molecule has 1 amide bonds. The highest BCUT2D eigenvalue weighted by atomic mass is 35.5. The summed E-state index contributed by atoms with van der Waals surface area (Å²) in [5.74, 6) is 0.713. The van der Waals surface area contributed by atoms with Gasteiger partial charge in [0.25, 0.3) is 0 Å². The molecule has 0 atom stereocenters. The van der Waals surface area contributed by atoms with Crippen LogP contribution in [0.2, 0.25) is 10.0 Å². The molecule has 3 aromatic carbocycles. The monoisotopic (exact) mass is 496 g/mol. The van der Waals surface area contributed by atoms with Gasteiger partial charge in [-0.1, -0.05) is 60.1 Å². The number of benzene rings is 3. The van der Waals surface area contributed by atoms with Gasteiger partial charge in [0.05, 0.1) is 5.75 Å². The molecule has 8 heteroatoms. The number of amides is 1. The first kappa shape index (κ1) is 23.4. The van der Waals surface area contributed by atoms with Gasteiger partial charge in [-0.25, -0.2) is 0 Å². The fourth-order valence-corrected chi connectivity index (χ4v) is 4.32. The number of rotatable bonds is 7. The summed E-state index contributed by atoms with van der Waals surface area (Å²) < 4.78 is 1.96. The Morgan fingerprint density at radius 3 is 2.39 bits per heavy atom. The van der Waals surface area contributed by atoms with Crippen molar-refractivity contribution in [1.29, 1.82) is 0 Å². The molecule has 0 saturated carbocycles. The number of hydrogen-bond donors (Lipinski definition) is 1. The molecule has 0 unspecified atom stereocenters. The third-order valence-electron chi connectivity index (χ3n) is 5.13. The van der Waals surface area contributed by atoms with Gasteiger partial charge in [-0.05, 0) is 73.0 Å². The number of carbonyl (C=O) groups is 1. The van der Waals surface area contributed by atoms with Gasteiger partial charge in [0.2, 0.25) is 5.91 Å². The van der Waals surface area contributed by atoms with Crippen LogP contribution in [0.3, 0.4) is 0 Å². The molecule has 4 rings (SSSR count). The van der Waals surface area contributed by atoms with Crippen LogP contribution in [-0.4, -0.2) is 26.4 Å². The molecule has 0 aliphatic heterocycles. The largest absolute Gasteiger partial charge is 0.325 e. The van der Waals surface area contributed by atoms with E-state index in [0.717, 1.165) is 23.2 Å². The molecule has 1 aromatic heterocycles. The minimum absolute atomic E-state index is 0.149. The minimum Gasteiger partial charge on any atom is -0.325 e. The maximum atomic E-state index is 12.6. The third kappa shape index (κ3) is 5.58. The maximum Gasteiger partial charge on any atom is 0.234 e. The van der Waals surface area contributed by atoms with E-state index in [-0.39, 0.29) is 11.7 Å². The van der Waals surface area contributed by atoms with Crippen molar-refractivity contribution >= 4 is 46.6 Å². The lowest BCUT2D eigenvalue weighted by Gasteiger charge is -2.11. The lowest BCUT2D eigenvalue weighted by atomic mass is 10.1. The van der Waals surface area contributed by atoms with Crippen LogP contribution in [-0.2, 0) is 11.2 Å². The number of nitrogens with one attached hydrogen (secondary N) is 1. The predicted octanol–water partition coefficient (Wildman–Crippen LogP) is 6.84. The van der Waals surface area contributed by atoms with E-state index in [1.165, 1.54) is 17.3 Å². The summed E-state index contributed by atoms with van der Waals surface area (Å²) in [4.78, 5) is 12.6. The van der Waals surface area contributed by atoms with Gasteiger partial charge in [0, 0.05) is 27.0 Å². The quantitative estimate of drug-likeness (QED) is 0.284. The molecule has 1 heterocycles. The first-order chi connectivity index (χ1) is 15.9. The fourth-order valence-electron chi connectivity index (χ4n) is 3.26. The number of anilines is 1. The Labute approximate surface area is 207 Å². The molecule has 0 spiro atoms. The smallest absolute Gasteiger partial charge is 0.234 e. The van der Waals surface area contributed by atoms with Gasteiger partial charge >= 0.3 is 0 Å². The normalized spacial score (nSPS) is 10.9. The molecule has 0 saturated heterocycles. The highest BCUT2D eigenvalue weighted by Gasteiger charge is 2.17. The molecular weight excluding hydrogens is 475 g/mol. The van der Waals surface area contributed by atoms with Crippen LogP contribution in [0, 0.1) is 6.92 Å². The summed E-state index contributed by atoms with van der Waals surface area (Å²) in [7, 11) is 0. The SMILES string of the molecule is CCc1ccc(-n2c(SCC(=O)Nc3ccc(C)c(Cl)c3)nnc2-c2ccc(Cl)cc2)cc1. The van der Waals surface area contributed by atoms with Gasteiger partial charge in [-0.15, -0.1) is 10.2 Å². The molecule has 4 aromatic rings. The number of aryl methyl sites for hydroxylation is 2. The zero-order valence-corrected chi connectivity index (χ0v) is 20.5. The second-order valence-corrected chi connectivity index (χ2v) is 9.26. The summed E-state index contributed by atoms with van der Waals surface area (Å²) in [5, 5.41) is 13.6. The molecule has 33 heavy (non-hydrogen) atoms. The second kappa shape index (κ2) is 10.4. The lowest BCUT2D eigenvalue weighted by molar-refractivity contribution is -0.113. The van der Waals surface area contributed by atoms with E-state index in [1.54, 1.807) is 6.07 Å². The van der Waals surface area contributed by atoms with E-state index in [9.17, 15) is 4.79 Å². The topological polar surface area (TPSA) is 59.8 Å². The summed E-state index contributed by atoms with van der Waals surface area (Å²) in [6.07, 6.45) is 0.956. The Morgan fingerprint density at radius 1 is 1.00 bits per heavy atom. The van der Waals surface area contributed by atoms with Crippen LogP contribution in [0.15, 0.2) is 71.9 Å². The van der Waals surface area contributed by atoms with E-state index >= 15 is 0 Å². The molecule has 0 aliphatic carbocycles. The zero-order valence-electron chi connectivity index (χ0n) is 18.2. The van der Waals surface area contributed by atoms with Crippen LogP contribution >= 0.6 is 35.0 Å². The summed E-state index contributed by atoms with van der Waals surface area (Å²) in [5.41, 5.74) is 4.67. The second-order valence-electron chi connectivity index (χ2n) is 7.47. The van der Waals surface area contributed by atoms with Crippen LogP contribution in [0.4, 0.5) is 5.69 Å². The van der Waals surface area contributed by atoms with E-state index in [0.29, 0.717) is 26.7 Å². The average molecular weight is 497 g/mol. The van der Waals surface area contributed by atoms with Gasteiger partial charge in [-0.2, -0.15) is 0 Å². The minimum atomic E-state index is -0.149. The van der Waals surface area contributed by atoms with Crippen LogP contribution < -0.4 is 5.32 Å². The lowest BCUT2D eigenvalue weighted by Crippen LogP contribution is -2.14. The van der Waals surface area contributed by atoms with E-state index in [4.69, 9.17) is 23.2 Å². The first-order valence-electron chi connectivity index (χ1n) is 10.4. The number of thioether (sulfide) groups is 1. The van der Waals surface area contributed by atoms with Crippen molar-refractivity contribution in [1.82, 2.24) is 14.8 Å². The fraction of sp³-hybridized carbons (Fsp3) is 0.160. The van der Waals surface area contributed by atoms with Crippen molar-refractivity contribution in [3.63, 3.8) is 0 Å². The highest BCUT2D eigenvalue weighted by Crippen LogP contribution is 2.29. The summed E-state index contributed by atoms with van der Waals surface area (Å²) in [6.45, 7) is 4.04. The van der Waals surface area contributed by atoms with E-state index in [1.807, 2.05) is 60.0 Å². The number of carbonyl (C=O) groups excluding carboxylic acids is 1. The molecule has 168 valence electrons. The number of halogens is 2. The van der Waals surface area contributed by atoms with Gasteiger partial charge in [0.1, 0.15) is 0 Å². The first-order valence-corrected chi connectivity index (χ1v) is 12.2. The van der Waals surface area contributed by atoms with Crippen molar-refractivity contribution in [2.24, 2.45) is 0 Å². The van der Waals surface area contributed by atoms with Crippen molar-refractivity contribution in [2.45, 2.75) is 25.4 Å². The average Bonchev–Trinajstić information content (AvgIpc) is 3.24. The summed E-state index contributed by atoms with van der Waals surface area (Å²) >= 11 is 13.6. The Bertz CT molecular complexity index is 1270. The Hall–Kier alpha value is -2.80. The van der Waals surface area contributed by atoms with Gasteiger partial charge in [-0.3, -0.25) is 9.36 Å². The standard InChI is InChI=1S/C25H22Cl2N4OS/c1-3-17-5-12-21(13-6-17)31-24(18-7-9-19(26)10-8-18)29-30-25(31)33-15-23(32)28-20-11-4-16(2)22(27)14-20/h4-14H,3,15H2,1-2H3,(H,28,32). The van der Waals surface area contributed by atoms with Crippen LogP contribution in [0.1, 0.15) is 18.1 Å². The van der Waals surface area contributed by atoms with Gasteiger partial charge in [0.15, 0.2) is 11.0 Å². The van der Waals surface area contributed by atoms with E-state index < -0.39 is 0 Å². The molecule has 0 radical (unpaired) electrons. The van der Waals surface area contributed by atoms with Crippen molar-refractivity contribution < 1.29 is 4.79 Å². The Kier molecular flexibility index (Phi) is 7.38. The van der Waals surface area contributed by atoms with Crippen molar-refractivity contribution in [3.8, 4) is 17.1 Å². The molecule has 1 N–H and O–H groups in total. The molecule has 0 bridgehead atoms. The molecular formula is C25H22Cl2N4OS. The molecule has 5 nitrogen and oxygen atoms in total. The van der Waals surface area contributed by atoms with Crippen LogP contribution in [0.25, 0.3) is 17.1 Å².